The first-order chi connectivity index (χ1) is 9.97. The first-order valence-corrected chi connectivity index (χ1v) is 7.97. The summed E-state index contributed by atoms with van der Waals surface area (Å²) in [6.45, 7) is 2.48. The van der Waals surface area contributed by atoms with Gasteiger partial charge in [-0.1, -0.05) is 44.0 Å². The lowest BCUT2D eigenvalue weighted by molar-refractivity contribution is -0.385. The number of hydrogen-bond acceptors (Lipinski definition) is 3. The van der Waals surface area contributed by atoms with Gasteiger partial charge in [-0.25, -0.2) is 0 Å². The highest BCUT2D eigenvalue weighted by Gasteiger charge is 2.15. The molecule has 6 heteroatoms. The van der Waals surface area contributed by atoms with Crippen molar-refractivity contribution in [3.05, 3.63) is 72.7 Å². The zero-order chi connectivity index (χ0) is 15.4. The van der Waals surface area contributed by atoms with Crippen LogP contribution in [-0.2, 0) is 6.54 Å². The van der Waals surface area contributed by atoms with Crippen molar-refractivity contribution in [1.29, 1.82) is 0 Å². The van der Waals surface area contributed by atoms with Crippen LogP contribution in [0.2, 0.25) is 0 Å². The summed E-state index contributed by atoms with van der Waals surface area (Å²) in [4.78, 5) is 10.7. The van der Waals surface area contributed by atoms with E-state index >= 15 is 0 Å². The van der Waals surface area contributed by atoms with Crippen molar-refractivity contribution >= 4 is 37.5 Å². The molecule has 0 amide bonds. The molecule has 2 aromatic carbocycles. The Morgan fingerprint density at radius 1 is 1.14 bits per heavy atom. The summed E-state index contributed by atoms with van der Waals surface area (Å²) in [7, 11) is 0. The molecular weight excluding hydrogens is 400 g/mol. The number of benzene rings is 2. The lowest BCUT2D eigenvalue weighted by Crippen LogP contribution is -2.18. The fraction of sp³-hybridized carbons (Fsp3) is 0.200. The molecule has 0 aliphatic carbocycles. The summed E-state index contributed by atoms with van der Waals surface area (Å²) in [5, 5.41) is 14.4. The van der Waals surface area contributed by atoms with E-state index in [1.54, 1.807) is 6.07 Å². The van der Waals surface area contributed by atoms with Gasteiger partial charge in [0.1, 0.15) is 0 Å². The molecule has 4 nitrogen and oxygen atoms in total. The van der Waals surface area contributed by atoms with Crippen LogP contribution in [0, 0.1) is 10.1 Å². The summed E-state index contributed by atoms with van der Waals surface area (Å²) < 4.78 is 1.74. The third kappa shape index (κ3) is 4.36. The third-order valence-corrected chi connectivity index (χ3v) is 4.23. The second-order valence-corrected chi connectivity index (χ2v) is 6.52. The maximum atomic E-state index is 11.1. The largest absolute Gasteiger partial charge is 0.306 e. The fourth-order valence-electron chi connectivity index (χ4n) is 1.99. The molecule has 0 spiro atoms. The van der Waals surface area contributed by atoms with Gasteiger partial charge < -0.3 is 5.32 Å². The summed E-state index contributed by atoms with van der Waals surface area (Å²) >= 11 is 6.66. The van der Waals surface area contributed by atoms with Crippen LogP contribution in [-0.4, -0.2) is 4.92 Å². The highest BCUT2D eigenvalue weighted by molar-refractivity contribution is 9.10. The SMILES string of the molecule is CC(NCc1ccc(Br)cc1[N+](=O)[O-])c1ccc(Br)cc1. The monoisotopic (exact) mass is 412 g/mol. The molecule has 0 bridgehead atoms. The van der Waals surface area contributed by atoms with Gasteiger partial charge in [-0.3, -0.25) is 10.1 Å². The van der Waals surface area contributed by atoms with Crippen LogP contribution in [0.25, 0.3) is 0 Å². The van der Waals surface area contributed by atoms with E-state index in [1.165, 1.54) is 6.07 Å². The fourth-order valence-corrected chi connectivity index (χ4v) is 2.60. The van der Waals surface area contributed by atoms with Gasteiger partial charge in [-0.15, -0.1) is 0 Å². The van der Waals surface area contributed by atoms with Crippen molar-refractivity contribution in [2.24, 2.45) is 0 Å². The predicted molar refractivity (Wildman–Crippen MR) is 90.2 cm³/mol. The van der Waals surface area contributed by atoms with Gasteiger partial charge >= 0.3 is 0 Å². The molecule has 0 saturated carbocycles. The number of rotatable bonds is 5. The molecule has 0 radical (unpaired) electrons. The zero-order valence-electron chi connectivity index (χ0n) is 11.3. The molecule has 0 saturated heterocycles. The van der Waals surface area contributed by atoms with Crippen molar-refractivity contribution in [3.63, 3.8) is 0 Å². The highest BCUT2D eigenvalue weighted by atomic mass is 79.9. The molecule has 2 aromatic rings. The van der Waals surface area contributed by atoms with Crippen LogP contribution < -0.4 is 5.32 Å². The molecule has 0 heterocycles. The molecule has 0 aromatic heterocycles. The first kappa shape index (κ1) is 16.1. The van der Waals surface area contributed by atoms with Gasteiger partial charge in [-0.2, -0.15) is 0 Å². The normalized spacial score (nSPS) is 12.1. The summed E-state index contributed by atoms with van der Waals surface area (Å²) in [5.74, 6) is 0. The summed E-state index contributed by atoms with van der Waals surface area (Å²) in [5.41, 5.74) is 1.94. The van der Waals surface area contributed by atoms with E-state index in [0.717, 1.165) is 10.0 Å². The minimum absolute atomic E-state index is 0.112. The zero-order valence-corrected chi connectivity index (χ0v) is 14.5. The van der Waals surface area contributed by atoms with Crippen molar-refractivity contribution < 1.29 is 4.92 Å². The quantitative estimate of drug-likeness (QED) is 0.556. The van der Waals surface area contributed by atoms with Crippen molar-refractivity contribution in [3.8, 4) is 0 Å². The lowest BCUT2D eigenvalue weighted by Gasteiger charge is -2.14. The Hall–Kier alpha value is -1.24. The van der Waals surface area contributed by atoms with E-state index in [1.807, 2.05) is 37.3 Å². The second kappa shape index (κ2) is 7.15. The Balaban J connectivity index is 2.09. The molecule has 0 fully saturated rings. The predicted octanol–water partition coefficient (Wildman–Crippen LogP) is 4.97. The molecule has 0 aliphatic rings. The smallest absolute Gasteiger partial charge is 0.275 e. The number of halogens is 2. The molecule has 1 atom stereocenters. The number of nitro groups is 1. The van der Waals surface area contributed by atoms with Crippen molar-refractivity contribution in [2.45, 2.75) is 19.5 Å². The average Bonchev–Trinajstić information content (AvgIpc) is 2.46. The maximum absolute atomic E-state index is 11.1. The van der Waals surface area contributed by atoms with E-state index in [4.69, 9.17) is 0 Å². The topological polar surface area (TPSA) is 55.2 Å². The molecule has 2 rings (SSSR count). The van der Waals surface area contributed by atoms with Gasteiger partial charge in [0.2, 0.25) is 0 Å². The van der Waals surface area contributed by atoms with Crippen molar-refractivity contribution in [2.75, 3.05) is 0 Å². The van der Waals surface area contributed by atoms with Crippen LogP contribution in [0.3, 0.4) is 0 Å². The molecular formula is C15H14Br2N2O2. The van der Waals surface area contributed by atoms with Crippen LogP contribution in [0.4, 0.5) is 5.69 Å². The third-order valence-electron chi connectivity index (χ3n) is 3.21. The Labute approximate surface area is 140 Å². The molecule has 110 valence electrons. The lowest BCUT2D eigenvalue weighted by atomic mass is 10.1. The Bertz CT molecular complexity index is 645. The van der Waals surface area contributed by atoms with Gasteiger partial charge in [0.15, 0.2) is 0 Å². The number of hydrogen-bond donors (Lipinski definition) is 1. The van der Waals surface area contributed by atoms with Crippen LogP contribution in [0.5, 0.6) is 0 Å². The standard InChI is InChI=1S/C15H14Br2N2O2/c1-10(11-2-5-13(16)6-3-11)18-9-12-4-7-14(17)8-15(12)19(20)21/h2-8,10,18H,9H2,1H3. The first-order valence-electron chi connectivity index (χ1n) is 6.39. The van der Waals surface area contributed by atoms with Gasteiger partial charge in [0.05, 0.1) is 4.92 Å². The Morgan fingerprint density at radius 2 is 1.76 bits per heavy atom. The second-order valence-electron chi connectivity index (χ2n) is 4.68. The van der Waals surface area contributed by atoms with E-state index < -0.39 is 0 Å². The number of nitro benzene ring substituents is 1. The van der Waals surface area contributed by atoms with E-state index in [-0.39, 0.29) is 16.7 Å². The maximum Gasteiger partial charge on any atom is 0.275 e. The van der Waals surface area contributed by atoms with Gasteiger partial charge in [0.25, 0.3) is 5.69 Å². The number of nitrogens with zero attached hydrogens (tertiary/aromatic N) is 1. The van der Waals surface area contributed by atoms with Crippen LogP contribution >= 0.6 is 31.9 Å². The van der Waals surface area contributed by atoms with Gasteiger partial charge in [-0.05, 0) is 36.8 Å². The minimum atomic E-state index is -0.355. The van der Waals surface area contributed by atoms with Crippen LogP contribution in [0.15, 0.2) is 51.4 Å². The Morgan fingerprint density at radius 3 is 2.38 bits per heavy atom. The van der Waals surface area contributed by atoms with E-state index in [0.29, 0.717) is 16.6 Å². The highest BCUT2D eigenvalue weighted by Crippen LogP contribution is 2.24. The summed E-state index contributed by atoms with van der Waals surface area (Å²) in [6.07, 6.45) is 0. The van der Waals surface area contributed by atoms with E-state index in [2.05, 4.69) is 37.2 Å². The van der Waals surface area contributed by atoms with E-state index in [9.17, 15) is 10.1 Å². The molecule has 1 N–H and O–H groups in total. The van der Waals surface area contributed by atoms with Gasteiger partial charge in [0, 0.05) is 33.2 Å². The average molecular weight is 414 g/mol. The van der Waals surface area contributed by atoms with Crippen molar-refractivity contribution in [1.82, 2.24) is 5.32 Å². The van der Waals surface area contributed by atoms with Crippen LogP contribution in [0.1, 0.15) is 24.1 Å². The molecule has 0 aliphatic heterocycles. The Kier molecular flexibility index (Phi) is 5.50. The number of nitrogens with one attached hydrogen (secondary N) is 1. The summed E-state index contributed by atoms with van der Waals surface area (Å²) in [6, 6.07) is 13.2. The molecule has 1 unspecified atom stereocenters. The minimum Gasteiger partial charge on any atom is -0.306 e. The molecule has 21 heavy (non-hydrogen) atoms.